The molecular weight excluding hydrogens is 358 g/mol. The van der Waals surface area contributed by atoms with Gasteiger partial charge in [0.25, 0.3) is 0 Å². The predicted molar refractivity (Wildman–Crippen MR) is 108 cm³/mol. The van der Waals surface area contributed by atoms with Crippen LogP contribution in [0.15, 0.2) is 54.7 Å². The topological polar surface area (TPSA) is 64.0 Å². The number of hydrogen-bond acceptors (Lipinski definition) is 3. The molecule has 3 aromatic rings. The molecule has 0 aliphatic carbocycles. The maximum Gasteiger partial charge on any atom is 0.236 e. The van der Waals surface area contributed by atoms with E-state index < -0.39 is 10.0 Å². The van der Waals surface area contributed by atoms with Crippen LogP contribution in [0.3, 0.4) is 0 Å². The zero-order chi connectivity index (χ0) is 18.9. The smallest absolute Gasteiger partial charge is 0.236 e. The lowest BCUT2D eigenvalue weighted by Crippen LogP contribution is -2.15. The second-order valence-corrected chi connectivity index (χ2v) is 8.81. The molecular formula is C21H23N3O2S. The number of hydrogen-bond donors (Lipinski definition) is 1. The van der Waals surface area contributed by atoms with E-state index in [9.17, 15) is 8.42 Å². The molecule has 5 nitrogen and oxygen atoms in total. The van der Waals surface area contributed by atoms with Gasteiger partial charge in [0.05, 0.1) is 17.1 Å². The first-order valence-corrected chi connectivity index (χ1v) is 10.9. The van der Waals surface area contributed by atoms with Gasteiger partial charge in [-0.2, -0.15) is 0 Å². The van der Waals surface area contributed by atoms with Crippen molar-refractivity contribution in [2.24, 2.45) is 0 Å². The summed E-state index contributed by atoms with van der Waals surface area (Å²) in [6.07, 6.45) is 5.32. The van der Waals surface area contributed by atoms with Crippen LogP contribution in [-0.2, 0) is 28.7 Å². The Balaban J connectivity index is 1.62. The molecule has 6 heteroatoms. The molecule has 0 atom stereocenters. The maximum atomic E-state index is 12.7. The van der Waals surface area contributed by atoms with Crippen molar-refractivity contribution in [2.45, 2.75) is 38.5 Å². The molecule has 1 aliphatic rings. The summed E-state index contributed by atoms with van der Waals surface area (Å²) in [6.45, 7) is 2.93. The van der Waals surface area contributed by atoms with Gasteiger partial charge in [-0.15, -0.1) is 0 Å². The highest BCUT2D eigenvalue weighted by molar-refractivity contribution is 7.91. The monoisotopic (exact) mass is 381 g/mol. The first-order valence-electron chi connectivity index (χ1n) is 9.22. The van der Waals surface area contributed by atoms with Crippen LogP contribution in [-0.4, -0.2) is 18.0 Å². The summed E-state index contributed by atoms with van der Waals surface area (Å²) < 4.78 is 30.4. The number of anilines is 1. The van der Waals surface area contributed by atoms with E-state index in [-0.39, 0.29) is 5.75 Å². The summed E-state index contributed by atoms with van der Waals surface area (Å²) in [7, 11) is -3.52. The second-order valence-electron chi connectivity index (χ2n) is 7.09. The van der Waals surface area contributed by atoms with Gasteiger partial charge in [0.15, 0.2) is 0 Å². The van der Waals surface area contributed by atoms with Gasteiger partial charge >= 0.3 is 0 Å². The Morgan fingerprint density at radius 1 is 1.11 bits per heavy atom. The Morgan fingerprint density at radius 2 is 1.96 bits per heavy atom. The lowest BCUT2D eigenvalue weighted by atomic mass is 10.1. The summed E-state index contributed by atoms with van der Waals surface area (Å²) in [4.78, 5) is 4.74. The summed E-state index contributed by atoms with van der Waals surface area (Å²) in [5.74, 6) is 1.02. The molecule has 0 spiro atoms. The Kier molecular flexibility index (Phi) is 4.74. The van der Waals surface area contributed by atoms with Crippen LogP contribution in [0, 0.1) is 6.92 Å². The van der Waals surface area contributed by atoms with Crippen LogP contribution in [0.4, 0.5) is 5.69 Å². The molecule has 1 aliphatic heterocycles. The zero-order valence-corrected chi connectivity index (χ0v) is 16.2. The molecule has 0 saturated heterocycles. The standard InChI is InChI=1S/C21H23N3O2S/c1-16-7-6-8-17(13-16)15-27(25,26)23-19-10-3-2-9-18(19)20-14-24-12-5-4-11-21(24)22-20/h2-3,6-10,13-14,23H,4-5,11-12,15H2,1H3. The number of imidazole rings is 1. The number of nitrogens with zero attached hydrogens (tertiary/aromatic N) is 2. The third-order valence-corrected chi connectivity index (χ3v) is 6.06. The first kappa shape index (κ1) is 17.8. The highest BCUT2D eigenvalue weighted by Gasteiger charge is 2.18. The third-order valence-electron chi connectivity index (χ3n) is 4.82. The van der Waals surface area contributed by atoms with Gasteiger partial charge in [-0.3, -0.25) is 4.72 Å². The number of para-hydroxylation sites is 1. The van der Waals surface area contributed by atoms with E-state index >= 15 is 0 Å². The van der Waals surface area contributed by atoms with Gasteiger partial charge in [0.2, 0.25) is 10.0 Å². The molecule has 2 heterocycles. The van der Waals surface area contributed by atoms with E-state index in [0.29, 0.717) is 5.69 Å². The van der Waals surface area contributed by atoms with Crippen molar-refractivity contribution in [3.05, 3.63) is 71.7 Å². The summed E-state index contributed by atoms with van der Waals surface area (Å²) in [5.41, 5.74) is 4.03. The zero-order valence-electron chi connectivity index (χ0n) is 15.4. The number of sulfonamides is 1. The molecule has 0 saturated carbocycles. The Hall–Kier alpha value is -2.60. The van der Waals surface area contributed by atoms with Crippen molar-refractivity contribution >= 4 is 15.7 Å². The largest absolute Gasteiger partial charge is 0.334 e. The maximum absolute atomic E-state index is 12.7. The molecule has 0 amide bonds. The minimum Gasteiger partial charge on any atom is -0.334 e. The van der Waals surface area contributed by atoms with Crippen molar-refractivity contribution in [1.29, 1.82) is 0 Å². The second kappa shape index (κ2) is 7.19. The molecule has 1 aromatic heterocycles. The van der Waals surface area contributed by atoms with Crippen LogP contribution in [0.5, 0.6) is 0 Å². The molecule has 140 valence electrons. The van der Waals surface area contributed by atoms with Crippen molar-refractivity contribution in [2.75, 3.05) is 4.72 Å². The Labute approximate surface area is 160 Å². The average molecular weight is 382 g/mol. The number of rotatable bonds is 5. The molecule has 4 rings (SSSR count). The van der Waals surface area contributed by atoms with E-state index in [4.69, 9.17) is 4.98 Å². The molecule has 0 unspecified atom stereocenters. The van der Waals surface area contributed by atoms with Crippen LogP contribution in [0.25, 0.3) is 11.3 Å². The van der Waals surface area contributed by atoms with E-state index in [1.54, 1.807) is 6.07 Å². The van der Waals surface area contributed by atoms with Crippen LogP contribution >= 0.6 is 0 Å². The summed E-state index contributed by atoms with van der Waals surface area (Å²) in [6, 6.07) is 15.0. The number of nitrogens with one attached hydrogen (secondary N) is 1. The average Bonchev–Trinajstić information content (AvgIpc) is 3.05. The highest BCUT2D eigenvalue weighted by atomic mass is 32.2. The van der Waals surface area contributed by atoms with Crippen molar-refractivity contribution in [3.63, 3.8) is 0 Å². The van der Waals surface area contributed by atoms with Crippen LogP contribution < -0.4 is 4.72 Å². The predicted octanol–water partition coefficient (Wildman–Crippen LogP) is 4.14. The Morgan fingerprint density at radius 3 is 2.78 bits per heavy atom. The molecule has 2 aromatic carbocycles. The number of fused-ring (bicyclic) bond motifs is 1. The van der Waals surface area contributed by atoms with Gasteiger partial charge in [-0.1, -0.05) is 48.0 Å². The quantitative estimate of drug-likeness (QED) is 0.722. The fourth-order valence-electron chi connectivity index (χ4n) is 3.56. The van der Waals surface area contributed by atoms with E-state index in [1.807, 2.05) is 55.6 Å². The van der Waals surface area contributed by atoms with Gasteiger partial charge < -0.3 is 4.57 Å². The lowest BCUT2D eigenvalue weighted by Gasteiger charge is -2.12. The van der Waals surface area contributed by atoms with Crippen molar-refractivity contribution in [1.82, 2.24) is 9.55 Å². The number of benzene rings is 2. The van der Waals surface area contributed by atoms with E-state index in [1.165, 1.54) is 0 Å². The van der Waals surface area contributed by atoms with E-state index in [2.05, 4.69) is 9.29 Å². The van der Waals surface area contributed by atoms with Crippen molar-refractivity contribution in [3.8, 4) is 11.3 Å². The summed E-state index contributed by atoms with van der Waals surface area (Å²) >= 11 is 0. The normalized spacial score (nSPS) is 14.0. The van der Waals surface area contributed by atoms with Crippen LogP contribution in [0.2, 0.25) is 0 Å². The third kappa shape index (κ3) is 4.06. The fraction of sp³-hybridized carbons (Fsp3) is 0.286. The lowest BCUT2D eigenvalue weighted by molar-refractivity contribution is 0.522. The minimum absolute atomic E-state index is 0.0529. The Bertz CT molecular complexity index is 1050. The number of aromatic nitrogens is 2. The first-order chi connectivity index (χ1) is 13.0. The summed E-state index contributed by atoms with van der Waals surface area (Å²) in [5, 5.41) is 0. The molecule has 27 heavy (non-hydrogen) atoms. The van der Waals surface area contributed by atoms with Gasteiger partial charge in [0.1, 0.15) is 5.82 Å². The van der Waals surface area contributed by atoms with Crippen LogP contribution in [0.1, 0.15) is 29.8 Å². The minimum atomic E-state index is -3.52. The van der Waals surface area contributed by atoms with Gasteiger partial charge in [0, 0.05) is 24.7 Å². The van der Waals surface area contributed by atoms with Gasteiger partial charge in [-0.05, 0) is 31.4 Å². The molecule has 0 fully saturated rings. The highest BCUT2D eigenvalue weighted by Crippen LogP contribution is 2.30. The SMILES string of the molecule is Cc1cccc(CS(=O)(=O)Nc2ccccc2-c2cn3c(n2)CCCC3)c1. The molecule has 0 bridgehead atoms. The number of aryl methyl sites for hydroxylation is 3. The fourth-order valence-corrected chi connectivity index (χ4v) is 4.77. The van der Waals surface area contributed by atoms with Crippen molar-refractivity contribution < 1.29 is 8.42 Å². The van der Waals surface area contributed by atoms with Gasteiger partial charge in [-0.25, -0.2) is 13.4 Å². The molecule has 0 radical (unpaired) electrons. The molecule has 1 N–H and O–H groups in total. The van der Waals surface area contributed by atoms with E-state index in [0.717, 1.165) is 54.0 Å².